The average Bonchev–Trinajstić information content (AvgIpc) is 2.86. The van der Waals surface area contributed by atoms with Gasteiger partial charge in [-0.3, -0.25) is 0 Å². The Labute approximate surface area is 126 Å². The van der Waals surface area contributed by atoms with E-state index >= 15 is 0 Å². The standard InChI is InChI=1S/C15H18BrFN2O/c1-20-8-6-18-10-14-3-2-7-19(14)11-12-9-13(16)4-5-15(12)17/h2-5,7,9,18H,6,8,10-11H2,1H3. The predicted molar refractivity (Wildman–Crippen MR) is 81.2 cm³/mol. The highest BCUT2D eigenvalue weighted by Crippen LogP contribution is 2.17. The lowest BCUT2D eigenvalue weighted by atomic mass is 10.2. The van der Waals surface area contributed by atoms with Gasteiger partial charge in [0.2, 0.25) is 0 Å². The van der Waals surface area contributed by atoms with Gasteiger partial charge in [0.15, 0.2) is 0 Å². The number of halogens is 2. The molecule has 0 radical (unpaired) electrons. The van der Waals surface area contributed by atoms with Gasteiger partial charge in [-0.1, -0.05) is 15.9 Å². The van der Waals surface area contributed by atoms with Crippen molar-refractivity contribution in [2.75, 3.05) is 20.3 Å². The van der Waals surface area contributed by atoms with Crippen molar-refractivity contribution >= 4 is 15.9 Å². The van der Waals surface area contributed by atoms with E-state index in [9.17, 15) is 4.39 Å². The molecule has 1 N–H and O–H groups in total. The van der Waals surface area contributed by atoms with Gasteiger partial charge in [-0.2, -0.15) is 0 Å². The predicted octanol–water partition coefficient (Wildman–Crippen LogP) is 3.17. The largest absolute Gasteiger partial charge is 0.383 e. The molecular weight excluding hydrogens is 323 g/mol. The number of rotatable bonds is 7. The number of hydrogen-bond donors (Lipinski definition) is 1. The van der Waals surface area contributed by atoms with Crippen molar-refractivity contribution in [1.82, 2.24) is 9.88 Å². The number of benzene rings is 1. The van der Waals surface area contributed by atoms with Crippen molar-refractivity contribution in [3.05, 3.63) is 58.1 Å². The van der Waals surface area contributed by atoms with Crippen LogP contribution in [0.2, 0.25) is 0 Å². The highest BCUT2D eigenvalue weighted by molar-refractivity contribution is 9.10. The van der Waals surface area contributed by atoms with Crippen molar-refractivity contribution in [2.24, 2.45) is 0 Å². The second-order valence-corrected chi connectivity index (χ2v) is 5.45. The molecule has 108 valence electrons. The molecule has 0 amide bonds. The maximum atomic E-state index is 13.8. The zero-order valence-corrected chi connectivity index (χ0v) is 13.0. The Hall–Kier alpha value is -1.17. The summed E-state index contributed by atoms with van der Waals surface area (Å²) in [7, 11) is 1.68. The van der Waals surface area contributed by atoms with Crippen LogP contribution in [0, 0.1) is 5.82 Å². The maximum absolute atomic E-state index is 13.8. The Balaban J connectivity index is 2.02. The molecule has 0 saturated heterocycles. The van der Waals surface area contributed by atoms with Crippen LogP contribution in [0.4, 0.5) is 4.39 Å². The molecule has 0 aliphatic carbocycles. The molecule has 0 atom stereocenters. The molecule has 0 aliphatic heterocycles. The summed E-state index contributed by atoms with van der Waals surface area (Å²) >= 11 is 3.38. The Morgan fingerprint density at radius 3 is 3.00 bits per heavy atom. The lowest BCUT2D eigenvalue weighted by Crippen LogP contribution is -2.20. The first kappa shape index (κ1) is 15.2. The van der Waals surface area contributed by atoms with Gasteiger partial charge < -0.3 is 14.6 Å². The fourth-order valence-electron chi connectivity index (χ4n) is 2.00. The third-order valence-corrected chi connectivity index (χ3v) is 3.55. The molecule has 2 aromatic rings. The van der Waals surface area contributed by atoms with Crippen LogP contribution in [0.15, 0.2) is 41.0 Å². The van der Waals surface area contributed by atoms with Crippen LogP contribution in [-0.2, 0) is 17.8 Å². The minimum absolute atomic E-state index is 0.180. The van der Waals surface area contributed by atoms with Gasteiger partial charge in [0, 0.05) is 42.1 Å². The van der Waals surface area contributed by atoms with E-state index in [1.54, 1.807) is 13.2 Å². The maximum Gasteiger partial charge on any atom is 0.128 e. The Kier molecular flexibility index (Phi) is 5.76. The van der Waals surface area contributed by atoms with Crippen LogP contribution >= 0.6 is 15.9 Å². The summed E-state index contributed by atoms with van der Waals surface area (Å²) in [6.07, 6.45) is 1.97. The van der Waals surface area contributed by atoms with Crippen LogP contribution in [0.1, 0.15) is 11.3 Å². The fraction of sp³-hybridized carbons (Fsp3) is 0.333. The highest BCUT2D eigenvalue weighted by Gasteiger charge is 2.06. The third kappa shape index (κ3) is 4.16. The van der Waals surface area contributed by atoms with E-state index in [0.29, 0.717) is 18.7 Å². The number of hydrogen-bond acceptors (Lipinski definition) is 2. The zero-order chi connectivity index (χ0) is 14.4. The lowest BCUT2D eigenvalue weighted by molar-refractivity contribution is 0.199. The van der Waals surface area contributed by atoms with Crippen molar-refractivity contribution in [2.45, 2.75) is 13.1 Å². The molecule has 0 spiro atoms. The monoisotopic (exact) mass is 340 g/mol. The van der Waals surface area contributed by atoms with Gasteiger partial charge in [-0.05, 0) is 30.3 Å². The normalized spacial score (nSPS) is 10.9. The minimum Gasteiger partial charge on any atom is -0.383 e. The van der Waals surface area contributed by atoms with E-state index in [-0.39, 0.29) is 5.82 Å². The van der Waals surface area contributed by atoms with Gasteiger partial charge >= 0.3 is 0 Å². The number of nitrogens with zero attached hydrogens (tertiary/aromatic N) is 1. The third-order valence-electron chi connectivity index (χ3n) is 3.06. The van der Waals surface area contributed by atoms with Crippen molar-refractivity contribution in [1.29, 1.82) is 0 Å². The quantitative estimate of drug-likeness (QED) is 0.783. The summed E-state index contributed by atoms with van der Waals surface area (Å²) in [5.74, 6) is -0.180. The number of ether oxygens (including phenoxy) is 1. The van der Waals surface area contributed by atoms with E-state index in [4.69, 9.17) is 4.74 Å². The molecule has 0 saturated carbocycles. The zero-order valence-electron chi connectivity index (χ0n) is 11.4. The summed E-state index contributed by atoms with van der Waals surface area (Å²) in [5, 5.41) is 3.29. The minimum atomic E-state index is -0.180. The molecule has 1 aromatic heterocycles. The number of nitrogens with one attached hydrogen (secondary N) is 1. The first-order chi connectivity index (χ1) is 9.70. The number of aromatic nitrogens is 1. The lowest BCUT2D eigenvalue weighted by Gasteiger charge is -2.11. The van der Waals surface area contributed by atoms with E-state index < -0.39 is 0 Å². The average molecular weight is 341 g/mol. The summed E-state index contributed by atoms with van der Waals surface area (Å²) in [5.41, 5.74) is 1.80. The molecule has 0 fully saturated rings. The van der Waals surface area contributed by atoms with E-state index in [2.05, 4.69) is 21.2 Å². The van der Waals surface area contributed by atoms with Gasteiger partial charge in [0.05, 0.1) is 13.2 Å². The molecule has 3 nitrogen and oxygen atoms in total. The first-order valence-corrected chi connectivity index (χ1v) is 7.27. The van der Waals surface area contributed by atoms with Crippen LogP contribution in [-0.4, -0.2) is 24.8 Å². The molecule has 1 aromatic carbocycles. The van der Waals surface area contributed by atoms with Crippen LogP contribution in [0.5, 0.6) is 0 Å². The van der Waals surface area contributed by atoms with Crippen LogP contribution in [0.25, 0.3) is 0 Å². The van der Waals surface area contributed by atoms with Gasteiger partial charge in [0.1, 0.15) is 5.82 Å². The molecule has 1 heterocycles. The Morgan fingerprint density at radius 2 is 2.20 bits per heavy atom. The molecular formula is C15H18BrFN2O. The van der Waals surface area contributed by atoms with E-state index in [1.165, 1.54) is 6.07 Å². The van der Waals surface area contributed by atoms with Crippen molar-refractivity contribution < 1.29 is 9.13 Å². The highest BCUT2D eigenvalue weighted by atomic mass is 79.9. The SMILES string of the molecule is COCCNCc1cccn1Cc1cc(Br)ccc1F. The molecule has 20 heavy (non-hydrogen) atoms. The van der Waals surface area contributed by atoms with E-state index in [1.807, 2.05) is 29.0 Å². The van der Waals surface area contributed by atoms with Crippen LogP contribution in [0.3, 0.4) is 0 Å². The molecule has 0 unspecified atom stereocenters. The molecule has 0 aliphatic rings. The van der Waals surface area contributed by atoms with Crippen LogP contribution < -0.4 is 5.32 Å². The Morgan fingerprint density at radius 1 is 1.35 bits per heavy atom. The molecule has 0 bridgehead atoms. The molecule has 2 rings (SSSR count). The van der Waals surface area contributed by atoms with Crippen molar-refractivity contribution in [3.8, 4) is 0 Å². The van der Waals surface area contributed by atoms with E-state index in [0.717, 1.165) is 23.3 Å². The fourth-order valence-corrected chi connectivity index (χ4v) is 2.41. The van der Waals surface area contributed by atoms with Gasteiger partial charge in [0.25, 0.3) is 0 Å². The summed E-state index contributed by atoms with van der Waals surface area (Å²) in [6, 6.07) is 9.03. The second kappa shape index (κ2) is 7.57. The summed E-state index contributed by atoms with van der Waals surface area (Å²) in [4.78, 5) is 0. The topological polar surface area (TPSA) is 26.2 Å². The van der Waals surface area contributed by atoms with Gasteiger partial charge in [-0.25, -0.2) is 4.39 Å². The van der Waals surface area contributed by atoms with Crippen molar-refractivity contribution in [3.63, 3.8) is 0 Å². The smallest absolute Gasteiger partial charge is 0.128 e. The van der Waals surface area contributed by atoms with Gasteiger partial charge in [-0.15, -0.1) is 0 Å². The summed E-state index contributed by atoms with van der Waals surface area (Å²) < 4.78 is 21.7. The Bertz CT molecular complexity index is 557. The second-order valence-electron chi connectivity index (χ2n) is 4.53. The number of methoxy groups -OCH3 is 1. The molecule has 5 heteroatoms. The summed E-state index contributed by atoms with van der Waals surface area (Å²) in [6.45, 7) is 2.75. The first-order valence-electron chi connectivity index (χ1n) is 6.48.